The highest BCUT2D eigenvalue weighted by Crippen LogP contribution is 1.98. The van der Waals surface area contributed by atoms with Gasteiger partial charge in [-0.1, -0.05) is 0 Å². The molecule has 0 aliphatic rings. The van der Waals surface area contributed by atoms with E-state index in [2.05, 4.69) is 20.9 Å². The number of hydrogen-bond donors (Lipinski definition) is 3. The molecule has 1 rings (SSSR count). The van der Waals surface area contributed by atoms with Crippen molar-refractivity contribution in [2.75, 3.05) is 19.6 Å². The molecule has 0 unspecified atom stereocenters. The van der Waals surface area contributed by atoms with E-state index in [1.165, 1.54) is 6.26 Å². The third-order valence-corrected chi connectivity index (χ3v) is 2.18. The molecule has 0 fully saturated rings. The van der Waals surface area contributed by atoms with Crippen LogP contribution in [0.25, 0.3) is 0 Å². The van der Waals surface area contributed by atoms with Crippen molar-refractivity contribution in [2.24, 2.45) is 4.99 Å². The summed E-state index contributed by atoms with van der Waals surface area (Å²) in [5.74, 6) is 0.850. The molecule has 0 bridgehead atoms. The third kappa shape index (κ3) is 5.94. The summed E-state index contributed by atoms with van der Waals surface area (Å²) in [5.41, 5.74) is 0. The molecule has 0 radical (unpaired) electrons. The van der Waals surface area contributed by atoms with E-state index >= 15 is 0 Å². The van der Waals surface area contributed by atoms with Gasteiger partial charge in [0.15, 0.2) is 11.7 Å². The maximum absolute atomic E-state index is 11.6. The molecule has 0 saturated heterocycles. The Kier molecular flexibility index (Phi) is 6.49. The van der Waals surface area contributed by atoms with Gasteiger partial charge in [0.25, 0.3) is 5.91 Å². The molecule has 1 aromatic rings. The average molecular weight is 266 g/mol. The highest BCUT2D eigenvalue weighted by atomic mass is 16.3. The van der Waals surface area contributed by atoms with Crippen molar-refractivity contribution >= 4 is 11.9 Å². The number of rotatable bonds is 6. The summed E-state index contributed by atoms with van der Waals surface area (Å²) in [6, 6.07) is 3.63. The average Bonchev–Trinajstić information content (AvgIpc) is 2.87. The number of furan rings is 1. The van der Waals surface area contributed by atoms with Gasteiger partial charge >= 0.3 is 0 Å². The number of carbonyl (C=O) groups excluding carboxylic acids is 1. The number of carbonyl (C=O) groups is 1. The lowest BCUT2D eigenvalue weighted by atomic mass is 10.4. The van der Waals surface area contributed by atoms with Crippen molar-refractivity contribution in [1.29, 1.82) is 0 Å². The minimum Gasteiger partial charge on any atom is -0.459 e. The van der Waals surface area contributed by atoms with Gasteiger partial charge in [0.05, 0.1) is 12.8 Å². The molecule has 106 valence electrons. The van der Waals surface area contributed by atoms with E-state index in [1.54, 1.807) is 12.1 Å². The van der Waals surface area contributed by atoms with Crippen LogP contribution in [-0.2, 0) is 0 Å². The van der Waals surface area contributed by atoms with Crippen LogP contribution in [0.1, 0.15) is 31.3 Å². The first-order valence-electron chi connectivity index (χ1n) is 6.50. The van der Waals surface area contributed by atoms with Crippen LogP contribution in [0.2, 0.25) is 0 Å². The number of guanidine groups is 1. The normalized spacial score (nSPS) is 11.5. The molecule has 1 amide bonds. The predicted molar refractivity (Wildman–Crippen MR) is 75.3 cm³/mol. The molecule has 0 atom stereocenters. The minimum absolute atomic E-state index is 0.220. The Hall–Kier alpha value is -1.98. The van der Waals surface area contributed by atoms with Crippen molar-refractivity contribution in [3.05, 3.63) is 24.2 Å². The molecule has 0 aliphatic heterocycles. The summed E-state index contributed by atoms with van der Waals surface area (Å²) in [5, 5.41) is 9.08. The molecule has 1 heterocycles. The molecule has 0 saturated carbocycles. The molecule has 0 spiro atoms. The molecular weight excluding hydrogens is 244 g/mol. The van der Waals surface area contributed by atoms with Gasteiger partial charge in [0.1, 0.15) is 0 Å². The third-order valence-electron chi connectivity index (χ3n) is 2.18. The Bertz CT molecular complexity index is 399. The zero-order valence-electron chi connectivity index (χ0n) is 11.7. The Morgan fingerprint density at radius 2 is 2.21 bits per heavy atom. The van der Waals surface area contributed by atoms with E-state index < -0.39 is 0 Å². The monoisotopic (exact) mass is 266 g/mol. The van der Waals surface area contributed by atoms with Gasteiger partial charge in [-0.05, 0) is 32.9 Å². The van der Waals surface area contributed by atoms with E-state index in [9.17, 15) is 4.79 Å². The Morgan fingerprint density at radius 3 is 2.79 bits per heavy atom. The first kappa shape index (κ1) is 15.1. The lowest BCUT2D eigenvalue weighted by molar-refractivity contribution is 0.0927. The second-order valence-electron chi connectivity index (χ2n) is 4.29. The lowest BCUT2D eigenvalue weighted by Crippen LogP contribution is -2.41. The first-order valence-corrected chi connectivity index (χ1v) is 6.50. The van der Waals surface area contributed by atoms with Crippen molar-refractivity contribution < 1.29 is 9.21 Å². The zero-order valence-corrected chi connectivity index (χ0v) is 11.7. The number of nitrogens with zero attached hydrogens (tertiary/aromatic N) is 1. The molecule has 3 N–H and O–H groups in total. The second-order valence-corrected chi connectivity index (χ2v) is 4.29. The summed E-state index contributed by atoms with van der Waals surface area (Å²) in [7, 11) is 0. The van der Waals surface area contributed by atoms with Gasteiger partial charge in [-0.15, -0.1) is 0 Å². The number of amides is 1. The number of hydrogen-bond acceptors (Lipinski definition) is 3. The van der Waals surface area contributed by atoms with Crippen LogP contribution in [0.15, 0.2) is 27.8 Å². The first-order chi connectivity index (χ1) is 9.13. The van der Waals surface area contributed by atoms with Crippen LogP contribution in [0.5, 0.6) is 0 Å². The quantitative estimate of drug-likeness (QED) is 0.407. The molecule has 0 aliphatic carbocycles. The van der Waals surface area contributed by atoms with E-state index in [4.69, 9.17) is 4.42 Å². The lowest BCUT2D eigenvalue weighted by Gasteiger charge is -2.13. The van der Waals surface area contributed by atoms with Crippen LogP contribution in [0.4, 0.5) is 0 Å². The number of nitrogens with one attached hydrogen (secondary N) is 3. The van der Waals surface area contributed by atoms with Crippen LogP contribution in [-0.4, -0.2) is 37.5 Å². The molecule has 6 heteroatoms. The van der Waals surface area contributed by atoms with Gasteiger partial charge in [-0.25, -0.2) is 0 Å². The van der Waals surface area contributed by atoms with Crippen molar-refractivity contribution in [3.8, 4) is 0 Å². The predicted octanol–water partition coefficient (Wildman–Crippen LogP) is 0.973. The molecule has 0 aromatic carbocycles. The second kappa shape index (κ2) is 8.18. The standard InChI is InChI=1S/C13H22N4O2/c1-4-14-13(17-10(2)3)16-8-7-15-12(18)11-6-5-9-19-11/h5-6,9-10H,4,7-8H2,1-3H3,(H,15,18)(H2,14,16,17). The van der Waals surface area contributed by atoms with Crippen LogP contribution < -0.4 is 16.0 Å². The zero-order chi connectivity index (χ0) is 14.1. The summed E-state index contributed by atoms with van der Waals surface area (Å²) in [6.45, 7) is 7.88. The SMILES string of the molecule is CCNC(=NCCNC(=O)c1ccco1)NC(C)C. The Morgan fingerprint density at radius 1 is 1.42 bits per heavy atom. The maximum atomic E-state index is 11.6. The summed E-state index contributed by atoms with van der Waals surface area (Å²) < 4.78 is 4.99. The number of aliphatic imine (C=N–C) groups is 1. The van der Waals surface area contributed by atoms with E-state index in [-0.39, 0.29) is 5.91 Å². The van der Waals surface area contributed by atoms with Gasteiger partial charge in [-0.2, -0.15) is 0 Å². The Balaban J connectivity index is 2.32. The summed E-state index contributed by atoms with van der Waals surface area (Å²) >= 11 is 0. The van der Waals surface area contributed by atoms with Crippen molar-refractivity contribution in [1.82, 2.24) is 16.0 Å². The van der Waals surface area contributed by atoms with Crippen molar-refractivity contribution in [2.45, 2.75) is 26.8 Å². The van der Waals surface area contributed by atoms with Crippen LogP contribution >= 0.6 is 0 Å². The molecule has 1 aromatic heterocycles. The van der Waals surface area contributed by atoms with Gasteiger partial charge < -0.3 is 20.4 Å². The maximum Gasteiger partial charge on any atom is 0.287 e. The fraction of sp³-hybridized carbons (Fsp3) is 0.538. The molecule has 19 heavy (non-hydrogen) atoms. The summed E-state index contributed by atoms with van der Waals surface area (Å²) in [6.07, 6.45) is 1.48. The van der Waals surface area contributed by atoms with Gasteiger partial charge in [0.2, 0.25) is 0 Å². The van der Waals surface area contributed by atoms with Crippen molar-refractivity contribution in [3.63, 3.8) is 0 Å². The van der Waals surface area contributed by atoms with E-state index in [1.807, 2.05) is 20.8 Å². The van der Waals surface area contributed by atoms with Crippen LogP contribution in [0.3, 0.4) is 0 Å². The Labute approximate surface area is 113 Å². The van der Waals surface area contributed by atoms with Gasteiger partial charge in [-0.3, -0.25) is 9.79 Å². The summed E-state index contributed by atoms with van der Waals surface area (Å²) in [4.78, 5) is 15.9. The van der Waals surface area contributed by atoms with E-state index in [0.717, 1.165) is 12.5 Å². The fourth-order valence-corrected chi connectivity index (χ4v) is 1.43. The fourth-order valence-electron chi connectivity index (χ4n) is 1.43. The smallest absolute Gasteiger partial charge is 0.287 e. The van der Waals surface area contributed by atoms with Crippen LogP contribution in [0, 0.1) is 0 Å². The highest BCUT2D eigenvalue weighted by molar-refractivity contribution is 5.91. The molecule has 6 nitrogen and oxygen atoms in total. The minimum atomic E-state index is -0.220. The largest absolute Gasteiger partial charge is 0.459 e. The topological polar surface area (TPSA) is 78.7 Å². The highest BCUT2D eigenvalue weighted by Gasteiger charge is 2.06. The van der Waals surface area contributed by atoms with Gasteiger partial charge in [0, 0.05) is 19.1 Å². The molecular formula is C13H22N4O2. The van der Waals surface area contributed by atoms with E-state index in [0.29, 0.717) is 24.9 Å².